The molecule has 6 heteroatoms. The third-order valence-corrected chi connectivity index (χ3v) is 3.78. The Morgan fingerprint density at radius 2 is 1.76 bits per heavy atom. The molecule has 132 valence electrons. The summed E-state index contributed by atoms with van der Waals surface area (Å²) in [5.74, 6) is -1.43. The van der Waals surface area contributed by atoms with Crippen molar-refractivity contribution in [3.05, 3.63) is 65.5 Å². The van der Waals surface area contributed by atoms with Gasteiger partial charge < -0.3 is 14.7 Å². The number of carboxylic acid groups (broad SMARTS) is 1. The first-order valence-corrected chi connectivity index (χ1v) is 8.14. The molecule has 0 bridgehead atoms. The maximum absolute atomic E-state index is 12.7. The minimum atomic E-state index is -1.15. The van der Waals surface area contributed by atoms with E-state index in [1.807, 2.05) is 18.2 Å². The van der Waals surface area contributed by atoms with Crippen molar-refractivity contribution in [3.63, 3.8) is 0 Å². The zero-order valence-electron chi connectivity index (χ0n) is 14.2. The number of nitrogens with zero attached hydrogens (tertiary/aromatic N) is 2. The molecule has 0 unspecified atom stereocenters. The van der Waals surface area contributed by atoms with Gasteiger partial charge in [-0.1, -0.05) is 36.4 Å². The quantitative estimate of drug-likeness (QED) is 0.757. The van der Waals surface area contributed by atoms with E-state index in [-0.39, 0.29) is 17.3 Å². The second kappa shape index (κ2) is 9.54. The second-order valence-corrected chi connectivity index (χ2v) is 5.59. The highest BCUT2D eigenvalue weighted by Crippen LogP contribution is 2.08. The van der Waals surface area contributed by atoms with Gasteiger partial charge in [0.1, 0.15) is 11.4 Å². The lowest BCUT2D eigenvalue weighted by atomic mass is 10.1. The number of ether oxygens (including phenoxy) is 1. The van der Waals surface area contributed by atoms with E-state index < -0.39 is 5.97 Å². The normalized spacial score (nSPS) is 10.4. The first-order chi connectivity index (χ1) is 12.1. The molecular formula is C19H22N2O4. The molecule has 0 aliphatic rings. The summed E-state index contributed by atoms with van der Waals surface area (Å²) in [5, 5.41) is 9.03. The van der Waals surface area contributed by atoms with Crippen molar-refractivity contribution in [1.82, 2.24) is 9.88 Å². The summed E-state index contributed by atoms with van der Waals surface area (Å²) in [4.78, 5) is 29.3. The summed E-state index contributed by atoms with van der Waals surface area (Å²) >= 11 is 0. The Bertz CT molecular complexity index is 704. The van der Waals surface area contributed by atoms with E-state index in [2.05, 4.69) is 17.1 Å². The third-order valence-electron chi connectivity index (χ3n) is 3.78. The molecule has 0 spiro atoms. The number of carbonyl (C=O) groups excluding carboxylic acids is 1. The molecule has 1 heterocycles. The van der Waals surface area contributed by atoms with Crippen molar-refractivity contribution in [1.29, 1.82) is 0 Å². The van der Waals surface area contributed by atoms with Crippen molar-refractivity contribution < 1.29 is 19.4 Å². The second-order valence-electron chi connectivity index (χ2n) is 5.59. The van der Waals surface area contributed by atoms with Gasteiger partial charge in [-0.2, -0.15) is 0 Å². The highest BCUT2D eigenvalue weighted by Gasteiger charge is 2.18. The molecule has 6 nitrogen and oxygen atoms in total. The van der Waals surface area contributed by atoms with Crippen molar-refractivity contribution >= 4 is 11.9 Å². The van der Waals surface area contributed by atoms with Gasteiger partial charge in [0, 0.05) is 20.2 Å². The van der Waals surface area contributed by atoms with E-state index in [1.165, 1.54) is 23.8 Å². The molecule has 1 aromatic carbocycles. The van der Waals surface area contributed by atoms with Crippen LogP contribution in [0.5, 0.6) is 0 Å². The summed E-state index contributed by atoms with van der Waals surface area (Å²) < 4.78 is 5.08. The number of hydrogen-bond acceptors (Lipinski definition) is 4. The Morgan fingerprint density at radius 3 is 2.44 bits per heavy atom. The number of benzene rings is 1. The third kappa shape index (κ3) is 5.69. The predicted octanol–water partition coefficient (Wildman–Crippen LogP) is 2.50. The van der Waals surface area contributed by atoms with Gasteiger partial charge in [-0.05, 0) is 30.5 Å². The van der Waals surface area contributed by atoms with Crippen LogP contribution < -0.4 is 0 Å². The molecule has 2 aromatic rings. The number of amides is 1. The van der Waals surface area contributed by atoms with Crippen LogP contribution in [0.25, 0.3) is 0 Å². The summed E-state index contributed by atoms with van der Waals surface area (Å²) in [7, 11) is 1.58. The van der Waals surface area contributed by atoms with Crippen LogP contribution in [-0.2, 0) is 11.2 Å². The van der Waals surface area contributed by atoms with Crippen molar-refractivity contribution in [2.45, 2.75) is 12.8 Å². The number of aromatic nitrogens is 1. The summed E-state index contributed by atoms with van der Waals surface area (Å²) in [6, 6.07) is 14.5. The lowest BCUT2D eigenvalue weighted by molar-refractivity contribution is 0.0681. The molecule has 0 atom stereocenters. The number of carboxylic acids is 1. The number of hydrogen-bond donors (Lipinski definition) is 1. The van der Waals surface area contributed by atoms with E-state index in [1.54, 1.807) is 12.0 Å². The number of carbonyl (C=O) groups is 2. The van der Waals surface area contributed by atoms with Gasteiger partial charge in [0.15, 0.2) is 0 Å². The first kappa shape index (κ1) is 18.6. The fourth-order valence-electron chi connectivity index (χ4n) is 2.47. The van der Waals surface area contributed by atoms with Gasteiger partial charge >= 0.3 is 5.97 Å². The fraction of sp³-hybridized carbons (Fsp3) is 0.316. The van der Waals surface area contributed by atoms with Crippen LogP contribution in [0, 0.1) is 0 Å². The van der Waals surface area contributed by atoms with Gasteiger partial charge in [-0.3, -0.25) is 4.79 Å². The molecule has 25 heavy (non-hydrogen) atoms. The molecule has 0 radical (unpaired) electrons. The minimum Gasteiger partial charge on any atom is -0.477 e. The van der Waals surface area contributed by atoms with E-state index >= 15 is 0 Å². The summed E-state index contributed by atoms with van der Waals surface area (Å²) in [5.41, 5.74) is 1.21. The fourth-order valence-corrected chi connectivity index (χ4v) is 2.47. The van der Waals surface area contributed by atoms with E-state index in [0.29, 0.717) is 19.7 Å². The monoisotopic (exact) mass is 342 g/mol. The lowest BCUT2D eigenvalue weighted by Crippen LogP contribution is -2.35. The van der Waals surface area contributed by atoms with Crippen LogP contribution in [0.3, 0.4) is 0 Å². The number of aromatic carboxylic acids is 1. The van der Waals surface area contributed by atoms with Crippen LogP contribution in [0.2, 0.25) is 0 Å². The van der Waals surface area contributed by atoms with E-state index in [4.69, 9.17) is 9.84 Å². The SMILES string of the molecule is COCCN(CCCc1ccccc1)C(=O)c1cccc(C(=O)O)n1. The van der Waals surface area contributed by atoms with Gasteiger partial charge in [0.2, 0.25) is 0 Å². The highest BCUT2D eigenvalue weighted by atomic mass is 16.5. The maximum Gasteiger partial charge on any atom is 0.354 e. The van der Waals surface area contributed by atoms with Gasteiger partial charge in [0.05, 0.1) is 6.61 Å². The van der Waals surface area contributed by atoms with Crippen LogP contribution >= 0.6 is 0 Å². The zero-order valence-corrected chi connectivity index (χ0v) is 14.2. The Hall–Kier alpha value is -2.73. The Kier molecular flexibility index (Phi) is 7.10. The standard InChI is InChI=1S/C19H22N2O4/c1-25-14-13-21(12-6-9-15-7-3-2-4-8-15)18(22)16-10-5-11-17(20-16)19(23)24/h2-5,7-8,10-11H,6,9,12-14H2,1H3,(H,23,24). The number of aryl methyl sites for hydroxylation is 1. The molecule has 0 saturated heterocycles. The van der Waals surface area contributed by atoms with E-state index in [9.17, 15) is 9.59 Å². The number of rotatable bonds is 9. The smallest absolute Gasteiger partial charge is 0.354 e. The number of methoxy groups -OCH3 is 1. The van der Waals surface area contributed by atoms with Gasteiger partial charge in [0.25, 0.3) is 5.91 Å². The Balaban J connectivity index is 2.03. The minimum absolute atomic E-state index is 0.135. The zero-order chi connectivity index (χ0) is 18.1. The molecule has 0 aliphatic heterocycles. The molecular weight excluding hydrogens is 320 g/mol. The van der Waals surface area contributed by atoms with Gasteiger partial charge in [-0.25, -0.2) is 9.78 Å². The van der Waals surface area contributed by atoms with Crippen molar-refractivity contribution in [3.8, 4) is 0 Å². The summed E-state index contributed by atoms with van der Waals surface area (Å²) in [6.45, 7) is 1.40. The largest absolute Gasteiger partial charge is 0.477 e. The topological polar surface area (TPSA) is 79.7 Å². The molecule has 0 saturated carbocycles. The molecule has 0 fully saturated rings. The molecule has 0 aliphatic carbocycles. The average Bonchev–Trinajstić information content (AvgIpc) is 2.65. The molecule has 1 amide bonds. The average molecular weight is 342 g/mol. The highest BCUT2D eigenvalue weighted by molar-refractivity contribution is 5.94. The Labute approximate surface area is 147 Å². The predicted molar refractivity (Wildman–Crippen MR) is 93.7 cm³/mol. The number of pyridine rings is 1. The van der Waals surface area contributed by atoms with Crippen LogP contribution in [0.15, 0.2) is 48.5 Å². The van der Waals surface area contributed by atoms with Crippen LogP contribution in [-0.4, -0.2) is 53.7 Å². The lowest BCUT2D eigenvalue weighted by Gasteiger charge is -2.22. The van der Waals surface area contributed by atoms with Crippen LogP contribution in [0.4, 0.5) is 0 Å². The molecule has 2 rings (SSSR count). The first-order valence-electron chi connectivity index (χ1n) is 8.14. The van der Waals surface area contributed by atoms with Crippen LogP contribution in [0.1, 0.15) is 33.0 Å². The Morgan fingerprint density at radius 1 is 1.04 bits per heavy atom. The molecule has 1 aromatic heterocycles. The van der Waals surface area contributed by atoms with Crippen molar-refractivity contribution in [2.24, 2.45) is 0 Å². The van der Waals surface area contributed by atoms with Crippen molar-refractivity contribution in [2.75, 3.05) is 26.8 Å². The maximum atomic E-state index is 12.7. The van der Waals surface area contributed by atoms with Gasteiger partial charge in [-0.15, -0.1) is 0 Å². The molecule has 1 N–H and O–H groups in total. The van der Waals surface area contributed by atoms with E-state index in [0.717, 1.165) is 12.8 Å². The summed E-state index contributed by atoms with van der Waals surface area (Å²) in [6.07, 6.45) is 1.66.